The molecule has 0 aliphatic carbocycles. The van der Waals surface area contributed by atoms with Crippen LogP contribution in [0.4, 0.5) is 0 Å². The summed E-state index contributed by atoms with van der Waals surface area (Å²) in [4.78, 5) is 23.6. The quantitative estimate of drug-likeness (QED) is 0.719. The Hall–Kier alpha value is -1.76. The lowest BCUT2D eigenvalue weighted by molar-refractivity contribution is 0.0928. The van der Waals surface area contributed by atoms with E-state index in [1.807, 2.05) is 0 Å². The Morgan fingerprint density at radius 1 is 1.05 bits per heavy atom. The molecule has 0 aliphatic rings. The Morgan fingerprint density at radius 2 is 1.64 bits per heavy atom. The standard InChI is InChI=1S/C14H12Cl2N2O3S/c15-11-7-10(12(16)22-11)14(21)18-6-5-17-13(20)8-1-3-9(19)4-2-8/h1-4,7,19H,5-6H2,(H,17,20)(H,18,21). The maximum Gasteiger partial charge on any atom is 0.253 e. The minimum Gasteiger partial charge on any atom is -0.508 e. The zero-order valence-electron chi connectivity index (χ0n) is 11.2. The number of thiophene rings is 1. The number of carbonyl (C=O) groups is 2. The molecule has 2 rings (SSSR count). The molecule has 1 aromatic carbocycles. The van der Waals surface area contributed by atoms with E-state index in [2.05, 4.69) is 10.6 Å². The summed E-state index contributed by atoms with van der Waals surface area (Å²) in [6.45, 7) is 0.521. The van der Waals surface area contributed by atoms with Gasteiger partial charge >= 0.3 is 0 Å². The second-order valence-electron chi connectivity index (χ2n) is 4.30. The Kier molecular flexibility index (Phi) is 5.65. The van der Waals surface area contributed by atoms with E-state index in [9.17, 15) is 9.59 Å². The maximum atomic E-state index is 11.8. The molecule has 0 aliphatic heterocycles. The minimum absolute atomic E-state index is 0.0927. The van der Waals surface area contributed by atoms with Gasteiger partial charge in [0, 0.05) is 18.7 Å². The molecule has 1 heterocycles. The van der Waals surface area contributed by atoms with Crippen LogP contribution in [0.5, 0.6) is 5.75 Å². The van der Waals surface area contributed by atoms with Gasteiger partial charge in [-0.3, -0.25) is 9.59 Å². The van der Waals surface area contributed by atoms with Crippen LogP contribution in [0.25, 0.3) is 0 Å². The van der Waals surface area contributed by atoms with E-state index in [0.717, 1.165) is 11.3 Å². The molecule has 0 saturated heterocycles. The fourth-order valence-electron chi connectivity index (χ4n) is 1.66. The molecule has 116 valence electrons. The molecule has 0 fully saturated rings. The highest BCUT2D eigenvalue weighted by atomic mass is 35.5. The van der Waals surface area contributed by atoms with Crippen LogP contribution in [0.2, 0.25) is 8.67 Å². The third-order valence-corrected chi connectivity index (χ3v) is 4.21. The topological polar surface area (TPSA) is 78.4 Å². The molecule has 8 heteroatoms. The first-order valence-corrected chi connectivity index (χ1v) is 7.85. The second kappa shape index (κ2) is 7.49. The minimum atomic E-state index is -0.341. The van der Waals surface area contributed by atoms with E-state index in [1.165, 1.54) is 30.3 Å². The lowest BCUT2D eigenvalue weighted by Gasteiger charge is -2.07. The first-order chi connectivity index (χ1) is 10.5. The molecule has 22 heavy (non-hydrogen) atoms. The van der Waals surface area contributed by atoms with Crippen LogP contribution in [-0.4, -0.2) is 30.0 Å². The highest BCUT2D eigenvalue weighted by molar-refractivity contribution is 7.20. The molecule has 0 saturated carbocycles. The summed E-state index contributed by atoms with van der Waals surface area (Å²) in [7, 11) is 0. The first kappa shape index (κ1) is 16.6. The fourth-order valence-corrected chi connectivity index (χ4v) is 3.12. The van der Waals surface area contributed by atoms with Gasteiger partial charge in [-0.2, -0.15) is 0 Å². The molecule has 0 bridgehead atoms. The lowest BCUT2D eigenvalue weighted by atomic mass is 10.2. The molecule has 0 radical (unpaired) electrons. The summed E-state index contributed by atoms with van der Waals surface area (Å²) in [5.74, 6) is -0.534. The van der Waals surface area contributed by atoms with Crippen LogP contribution < -0.4 is 10.6 Å². The van der Waals surface area contributed by atoms with E-state index in [0.29, 0.717) is 19.8 Å². The zero-order chi connectivity index (χ0) is 16.1. The van der Waals surface area contributed by atoms with Crippen molar-refractivity contribution in [3.05, 3.63) is 50.1 Å². The molecular weight excluding hydrogens is 347 g/mol. The number of aromatic hydroxyl groups is 1. The highest BCUT2D eigenvalue weighted by Crippen LogP contribution is 2.30. The number of hydrogen-bond donors (Lipinski definition) is 3. The van der Waals surface area contributed by atoms with Crippen LogP contribution in [0.1, 0.15) is 20.7 Å². The average Bonchev–Trinajstić information content (AvgIpc) is 2.82. The summed E-state index contributed by atoms with van der Waals surface area (Å²) >= 11 is 12.8. The largest absolute Gasteiger partial charge is 0.508 e. The van der Waals surface area contributed by atoms with Crippen molar-refractivity contribution in [1.29, 1.82) is 0 Å². The number of phenolic OH excluding ortho intramolecular Hbond substituents is 1. The Bertz CT molecular complexity index is 686. The number of carbonyl (C=O) groups excluding carboxylic acids is 2. The summed E-state index contributed by atoms with van der Waals surface area (Å²) in [6, 6.07) is 7.38. The lowest BCUT2D eigenvalue weighted by Crippen LogP contribution is -2.34. The van der Waals surface area contributed by atoms with Crippen molar-refractivity contribution in [3.8, 4) is 5.75 Å². The summed E-state index contributed by atoms with van der Waals surface area (Å²) in [5, 5.41) is 14.4. The van der Waals surface area contributed by atoms with Gasteiger partial charge in [0.25, 0.3) is 11.8 Å². The summed E-state index contributed by atoms with van der Waals surface area (Å²) in [5.41, 5.74) is 0.748. The molecular formula is C14H12Cl2N2O3S. The third kappa shape index (κ3) is 4.37. The van der Waals surface area contributed by atoms with Crippen molar-refractivity contribution < 1.29 is 14.7 Å². The van der Waals surface area contributed by atoms with Crippen molar-refractivity contribution in [1.82, 2.24) is 10.6 Å². The van der Waals surface area contributed by atoms with Crippen LogP contribution in [0.3, 0.4) is 0 Å². The van der Waals surface area contributed by atoms with E-state index in [1.54, 1.807) is 0 Å². The molecule has 2 amide bonds. The normalized spacial score (nSPS) is 10.3. The zero-order valence-corrected chi connectivity index (χ0v) is 13.6. The SMILES string of the molecule is O=C(NCCNC(=O)c1cc(Cl)sc1Cl)c1ccc(O)cc1. The molecule has 0 spiro atoms. The van der Waals surface area contributed by atoms with E-state index in [4.69, 9.17) is 28.3 Å². The number of amides is 2. The number of benzene rings is 1. The smallest absolute Gasteiger partial charge is 0.253 e. The first-order valence-electron chi connectivity index (χ1n) is 6.27. The van der Waals surface area contributed by atoms with Gasteiger partial charge in [-0.05, 0) is 30.3 Å². The molecule has 2 aromatic rings. The molecule has 0 unspecified atom stereocenters. The number of phenols is 1. The summed E-state index contributed by atoms with van der Waals surface area (Å²) < 4.78 is 0.770. The van der Waals surface area contributed by atoms with Crippen LogP contribution in [0, 0.1) is 0 Å². The van der Waals surface area contributed by atoms with Crippen LogP contribution in [0.15, 0.2) is 30.3 Å². The van der Waals surface area contributed by atoms with Crippen LogP contribution >= 0.6 is 34.5 Å². The molecule has 5 nitrogen and oxygen atoms in total. The van der Waals surface area contributed by atoms with Gasteiger partial charge in [-0.15, -0.1) is 11.3 Å². The predicted molar refractivity (Wildman–Crippen MR) is 87.1 cm³/mol. The van der Waals surface area contributed by atoms with Gasteiger partial charge in [-0.1, -0.05) is 23.2 Å². The van der Waals surface area contributed by atoms with Gasteiger partial charge < -0.3 is 15.7 Å². The molecule has 3 N–H and O–H groups in total. The number of halogens is 2. The van der Waals surface area contributed by atoms with E-state index in [-0.39, 0.29) is 30.7 Å². The van der Waals surface area contributed by atoms with Crippen molar-refractivity contribution >= 4 is 46.4 Å². The Balaban J connectivity index is 1.77. The predicted octanol–water partition coefficient (Wildman–Crippen LogP) is 2.92. The monoisotopic (exact) mass is 358 g/mol. The van der Waals surface area contributed by atoms with Crippen molar-refractivity contribution in [2.24, 2.45) is 0 Å². The number of nitrogens with one attached hydrogen (secondary N) is 2. The van der Waals surface area contributed by atoms with Crippen molar-refractivity contribution in [3.63, 3.8) is 0 Å². The van der Waals surface area contributed by atoms with Crippen molar-refractivity contribution in [2.45, 2.75) is 0 Å². The maximum absolute atomic E-state index is 11.8. The van der Waals surface area contributed by atoms with Gasteiger partial charge in [0.15, 0.2) is 0 Å². The van der Waals surface area contributed by atoms with Gasteiger partial charge in [-0.25, -0.2) is 0 Å². The average molecular weight is 359 g/mol. The van der Waals surface area contributed by atoms with Gasteiger partial charge in [0.05, 0.1) is 9.90 Å². The third-order valence-electron chi connectivity index (χ3n) is 2.73. The second-order valence-corrected chi connectivity index (χ2v) is 6.58. The number of rotatable bonds is 5. The molecule has 1 aromatic heterocycles. The van der Waals surface area contributed by atoms with E-state index >= 15 is 0 Å². The van der Waals surface area contributed by atoms with E-state index < -0.39 is 0 Å². The number of hydrogen-bond acceptors (Lipinski definition) is 4. The van der Waals surface area contributed by atoms with Crippen LogP contribution in [-0.2, 0) is 0 Å². The fraction of sp³-hybridized carbons (Fsp3) is 0.143. The Morgan fingerprint density at radius 3 is 2.18 bits per heavy atom. The Labute approximate surface area is 140 Å². The molecule has 0 atom stereocenters. The van der Waals surface area contributed by atoms with Crippen molar-refractivity contribution in [2.75, 3.05) is 13.1 Å². The highest BCUT2D eigenvalue weighted by Gasteiger charge is 2.13. The van der Waals surface area contributed by atoms with Gasteiger partial charge in [0.2, 0.25) is 0 Å². The van der Waals surface area contributed by atoms with Gasteiger partial charge in [0.1, 0.15) is 10.1 Å². The summed E-state index contributed by atoms with van der Waals surface area (Å²) in [6.07, 6.45) is 0.